The molecule has 0 heterocycles. The van der Waals surface area contributed by atoms with Gasteiger partial charge in [0.2, 0.25) is 0 Å². The zero-order valence-corrected chi connectivity index (χ0v) is 11.2. The van der Waals surface area contributed by atoms with Gasteiger partial charge in [0.1, 0.15) is 0 Å². The van der Waals surface area contributed by atoms with Gasteiger partial charge in [-0.05, 0) is 27.0 Å². The normalized spacial score (nSPS) is 12.3. The summed E-state index contributed by atoms with van der Waals surface area (Å²) in [5.74, 6) is -0.926. The highest BCUT2D eigenvalue weighted by Gasteiger charge is 2.30. The van der Waals surface area contributed by atoms with Gasteiger partial charge in [0.05, 0.1) is 0 Å². The number of rotatable bonds is 9. The second kappa shape index (κ2) is 8.56. The largest absolute Gasteiger partial charge is 0.384 e. The van der Waals surface area contributed by atoms with Gasteiger partial charge in [0, 0.05) is 40.3 Å². The molecule has 0 N–H and O–H groups in total. The fourth-order valence-electron chi connectivity index (χ4n) is 1.37. The summed E-state index contributed by atoms with van der Waals surface area (Å²) in [6.07, 6.45) is 4.54. The predicted molar refractivity (Wildman–Crippen MR) is 65.1 cm³/mol. The Morgan fingerprint density at radius 3 is 1.69 bits per heavy atom. The van der Waals surface area contributed by atoms with Crippen molar-refractivity contribution in [2.75, 3.05) is 33.9 Å². The molecule has 0 saturated carbocycles. The van der Waals surface area contributed by atoms with Crippen molar-refractivity contribution >= 4 is 0 Å². The van der Waals surface area contributed by atoms with Crippen molar-refractivity contribution in [2.45, 2.75) is 33.2 Å². The van der Waals surface area contributed by atoms with Crippen LogP contribution in [0.15, 0.2) is 12.3 Å². The topological polar surface area (TPSA) is 30.9 Å². The van der Waals surface area contributed by atoms with Gasteiger partial charge in [0.25, 0.3) is 5.97 Å². The zero-order valence-electron chi connectivity index (χ0n) is 11.2. The van der Waals surface area contributed by atoms with Gasteiger partial charge in [-0.3, -0.25) is 0 Å². The summed E-state index contributed by atoms with van der Waals surface area (Å²) < 4.78 is 16.7. The first kappa shape index (κ1) is 15.4. The van der Waals surface area contributed by atoms with E-state index in [2.05, 4.69) is 0 Å². The SMILES string of the molecule is CCOC(CC=CN(C)C)(OCC)OCC. The molecular formula is C12H25NO3. The van der Waals surface area contributed by atoms with Crippen LogP contribution in [0.3, 0.4) is 0 Å². The molecule has 0 aromatic heterocycles. The third-order valence-corrected chi connectivity index (χ3v) is 1.86. The minimum atomic E-state index is -0.926. The molecule has 16 heavy (non-hydrogen) atoms. The van der Waals surface area contributed by atoms with E-state index in [1.165, 1.54) is 0 Å². The van der Waals surface area contributed by atoms with E-state index in [1.807, 2.05) is 52.0 Å². The molecule has 0 unspecified atom stereocenters. The highest BCUT2D eigenvalue weighted by molar-refractivity contribution is 4.83. The van der Waals surface area contributed by atoms with Gasteiger partial charge in [-0.2, -0.15) is 0 Å². The molecule has 0 amide bonds. The summed E-state index contributed by atoms with van der Waals surface area (Å²) in [6.45, 7) is 7.49. The molecule has 0 aromatic rings. The van der Waals surface area contributed by atoms with Crippen LogP contribution in [0, 0.1) is 0 Å². The highest BCUT2D eigenvalue weighted by atomic mass is 16.9. The molecule has 0 atom stereocenters. The quantitative estimate of drug-likeness (QED) is 0.569. The molecule has 96 valence electrons. The molecule has 0 radical (unpaired) electrons. The Hall–Kier alpha value is -0.580. The predicted octanol–water partition coefficient (Wildman–Crippen LogP) is 2.22. The molecule has 0 aliphatic rings. The van der Waals surface area contributed by atoms with Gasteiger partial charge < -0.3 is 19.1 Å². The third-order valence-electron chi connectivity index (χ3n) is 1.86. The van der Waals surface area contributed by atoms with Crippen LogP contribution in [0.1, 0.15) is 27.2 Å². The van der Waals surface area contributed by atoms with Crippen LogP contribution in [-0.2, 0) is 14.2 Å². The Kier molecular flexibility index (Phi) is 8.25. The standard InChI is InChI=1S/C12H25NO3/c1-6-14-12(15-7-2,16-8-3)10-9-11-13(4)5/h9,11H,6-8,10H2,1-5H3. The van der Waals surface area contributed by atoms with E-state index in [4.69, 9.17) is 14.2 Å². The maximum absolute atomic E-state index is 5.58. The summed E-state index contributed by atoms with van der Waals surface area (Å²) in [5.41, 5.74) is 0. The summed E-state index contributed by atoms with van der Waals surface area (Å²) in [4.78, 5) is 1.97. The van der Waals surface area contributed by atoms with Crippen molar-refractivity contribution in [2.24, 2.45) is 0 Å². The van der Waals surface area contributed by atoms with Gasteiger partial charge in [0.15, 0.2) is 0 Å². The van der Waals surface area contributed by atoms with E-state index in [0.29, 0.717) is 26.2 Å². The van der Waals surface area contributed by atoms with Gasteiger partial charge >= 0.3 is 0 Å². The monoisotopic (exact) mass is 231 g/mol. The van der Waals surface area contributed by atoms with Crippen LogP contribution >= 0.6 is 0 Å². The third kappa shape index (κ3) is 6.10. The lowest BCUT2D eigenvalue weighted by molar-refractivity contribution is -0.374. The van der Waals surface area contributed by atoms with Crippen molar-refractivity contribution < 1.29 is 14.2 Å². The maximum Gasteiger partial charge on any atom is 0.286 e. The molecule has 0 spiro atoms. The number of hydrogen-bond donors (Lipinski definition) is 0. The van der Waals surface area contributed by atoms with E-state index in [1.54, 1.807) is 0 Å². The zero-order chi connectivity index (χ0) is 12.4. The van der Waals surface area contributed by atoms with Crippen LogP contribution in [0.4, 0.5) is 0 Å². The second-order valence-corrected chi connectivity index (χ2v) is 3.53. The molecule has 4 heteroatoms. The van der Waals surface area contributed by atoms with Gasteiger partial charge in [-0.25, -0.2) is 0 Å². The Bertz CT molecular complexity index is 176. The summed E-state index contributed by atoms with van der Waals surface area (Å²) in [5, 5.41) is 0. The fraction of sp³-hybridized carbons (Fsp3) is 0.833. The van der Waals surface area contributed by atoms with Crippen molar-refractivity contribution in [1.82, 2.24) is 4.90 Å². The van der Waals surface area contributed by atoms with E-state index >= 15 is 0 Å². The summed E-state index contributed by atoms with van der Waals surface area (Å²) in [6, 6.07) is 0. The average Bonchev–Trinajstić information content (AvgIpc) is 2.18. The Labute approximate surface area is 99.2 Å². The number of nitrogens with zero attached hydrogens (tertiary/aromatic N) is 1. The van der Waals surface area contributed by atoms with Crippen molar-refractivity contribution in [3.8, 4) is 0 Å². The lowest BCUT2D eigenvalue weighted by Crippen LogP contribution is -2.39. The van der Waals surface area contributed by atoms with E-state index in [9.17, 15) is 0 Å². The van der Waals surface area contributed by atoms with Crippen LogP contribution in [0.2, 0.25) is 0 Å². The molecule has 0 saturated heterocycles. The lowest BCUT2D eigenvalue weighted by atomic mass is 10.3. The van der Waals surface area contributed by atoms with Crippen LogP contribution in [0.5, 0.6) is 0 Å². The minimum absolute atomic E-state index is 0.565. The van der Waals surface area contributed by atoms with E-state index in [0.717, 1.165) is 0 Å². The Morgan fingerprint density at radius 2 is 1.38 bits per heavy atom. The minimum Gasteiger partial charge on any atom is -0.384 e. The second-order valence-electron chi connectivity index (χ2n) is 3.53. The first-order valence-electron chi connectivity index (χ1n) is 5.85. The van der Waals surface area contributed by atoms with Crippen LogP contribution in [0.25, 0.3) is 0 Å². The molecular weight excluding hydrogens is 206 g/mol. The Balaban J connectivity index is 4.46. The first-order valence-corrected chi connectivity index (χ1v) is 5.85. The molecule has 0 aliphatic carbocycles. The summed E-state index contributed by atoms with van der Waals surface area (Å²) >= 11 is 0. The van der Waals surface area contributed by atoms with Gasteiger partial charge in [-0.15, -0.1) is 0 Å². The molecule has 0 aromatic carbocycles. The van der Waals surface area contributed by atoms with Crippen LogP contribution < -0.4 is 0 Å². The molecule has 0 rings (SSSR count). The number of ether oxygens (including phenoxy) is 3. The van der Waals surface area contributed by atoms with Crippen molar-refractivity contribution in [1.29, 1.82) is 0 Å². The van der Waals surface area contributed by atoms with E-state index in [-0.39, 0.29) is 0 Å². The smallest absolute Gasteiger partial charge is 0.286 e. The van der Waals surface area contributed by atoms with Crippen molar-refractivity contribution in [3.05, 3.63) is 12.3 Å². The lowest BCUT2D eigenvalue weighted by Gasteiger charge is -2.31. The first-order chi connectivity index (χ1) is 7.60. The summed E-state index contributed by atoms with van der Waals surface area (Å²) in [7, 11) is 3.94. The number of hydrogen-bond acceptors (Lipinski definition) is 4. The fourth-order valence-corrected chi connectivity index (χ4v) is 1.37. The average molecular weight is 231 g/mol. The Morgan fingerprint density at radius 1 is 0.938 bits per heavy atom. The molecule has 0 fully saturated rings. The highest BCUT2D eigenvalue weighted by Crippen LogP contribution is 2.20. The van der Waals surface area contributed by atoms with Crippen molar-refractivity contribution in [3.63, 3.8) is 0 Å². The van der Waals surface area contributed by atoms with E-state index < -0.39 is 5.97 Å². The van der Waals surface area contributed by atoms with Gasteiger partial charge in [-0.1, -0.05) is 6.08 Å². The molecule has 0 bridgehead atoms. The van der Waals surface area contributed by atoms with Crippen LogP contribution in [-0.4, -0.2) is 44.8 Å². The molecule has 4 nitrogen and oxygen atoms in total. The molecule has 0 aliphatic heterocycles. The maximum atomic E-state index is 5.58.